The van der Waals surface area contributed by atoms with Crippen LogP contribution in [0, 0.1) is 0 Å². The molecule has 0 N–H and O–H groups in total. The predicted molar refractivity (Wildman–Crippen MR) is 139 cm³/mol. The Labute approximate surface area is 199 Å². The fraction of sp³-hybridized carbons (Fsp3) is 0.286. The SMILES string of the molecule is Cn1c(-c2ccccc2)cc(=O)n(CCCN2CCN(c3cccc4ccccc34)CC2)c1=O. The Bertz CT molecular complexity index is 1390. The van der Waals surface area contributed by atoms with Crippen LogP contribution in [0.5, 0.6) is 0 Å². The molecule has 0 atom stereocenters. The van der Waals surface area contributed by atoms with E-state index in [1.165, 1.54) is 21.0 Å². The summed E-state index contributed by atoms with van der Waals surface area (Å²) in [5.74, 6) is 0. The highest BCUT2D eigenvalue weighted by Crippen LogP contribution is 2.27. The molecule has 4 aromatic rings. The van der Waals surface area contributed by atoms with Gasteiger partial charge in [-0.15, -0.1) is 0 Å². The third-order valence-corrected chi connectivity index (χ3v) is 6.81. The molecule has 1 aromatic heterocycles. The normalized spacial score (nSPS) is 14.6. The molecule has 6 heteroatoms. The molecule has 1 fully saturated rings. The van der Waals surface area contributed by atoms with Crippen molar-refractivity contribution < 1.29 is 0 Å². The summed E-state index contributed by atoms with van der Waals surface area (Å²) in [6.45, 7) is 5.21. The van der Waals surface area contributed by atoms with Crippen LogP contribution in [0.15, 0.2) is 88.5 Å². The largest absolute Gasteiger partial charge is 0.368 e. The van der Waals surface area contributed by atoms with Crippen molar-refractivity contribution >= 4 is 16.5 Å². The maximum atomic E-state index is 12.9. The molecule has 6 nitrogen and oxygen atoms in total. The van der Waals surface area contributed by atoms with Crippen LogP contribution in [0.4, 0.5) is 5.69 Å². The molecule has 0 unspecified atom stereocenters. The molecule has 0 radical (unpaired) electrons. The predicted octanol–water partition coefficient (Wildman–Crippen LogP) is 3.58. The lowest BCUT2D eigenvalue weighted by molar-refractivity contribution is 0.249. The van der Waals surface area contributed by atoms with E-state index in [2.05, 4.69) is 52.3 Å². The van der Waals surface area contributed by atoms with Crippen molar-refractivity contribution in [2.45, 2.75) is 13.0 Å². The van der Waals surface area contributed by atoms with Crippen molar-refractivity contribution in [1.29, 1.82) is 0 Å². The van der Waals surface area contributed by atoms with Gasteiger partial charge in [0.2, 0.25) is 0 Å². The van der Waals surface area contributed by atoms with Gasteiger partial charge in [-0.25, -0.2) is 4.79 Å². The molecular formula is C28H30N4O2. The Balaban J connectivity index is 1.20. The van der Waals surface area contributed by atoms with Crippen LogP contribution in [-0.2, 0) is 13.6 Å². The van der Waals surface area contributed by atoms with Crippen LogP contribution in [0.3, 0.4) is 0 Å². The molecule has 1 aliphatic rings. The van der Waals surface area contributed by atoms with Gasteiger partial charge in [-0.3, -0.25) is 18.8 Å². The second kappa shape index (κ2) is 9.69. The quantitative estimate of drug-likeness (QED) is 0.447. The standard InChI is InChI=1S/C28H30N4O2/c1-29-26(23-10-3-2-4-11-23)21-27(33)32(28(29)34)16-8-15-30-17-19-31(20-18-30)25-14-7-12-22-9-5-6-13-24(22)25/h2-7,9-14,21H,8,15-20H2,1H3. The highest BCUT2D eigenvalue weighted by atomic mass is 16.2. The summed E-state index contributed by atoms with van der Waals surface area (Å²) >= 11 is 0. The lowest BCUT2D eigenvalue weighted by Gasteiger charge is -2.36. The van der Waals surface area contributed by atoms with E-state index in [9.17, 15) is 9.59 Å². The van der Waals surface area contributed by atoms with E-state index in [-0.39, 0.29) is 11.2 Å². The summed E-state index contributed by atoms with van der Waals surface area (Å²) in [4.78, 5) is 30.5. The summed E-state index contributed by atoms with van der Waals surface area (Å²) in [6.07, 6.45) is 0.772. The molecule has 0 amide bonds. The second-order valence-electron chi connectivity index (χ2n) is 8.91. The molecule has 0 aliphatic carbocycles. The number of hydrogen-bond donors (Lipinski definition) is 0. The van der Waals surface area contributed by atoms with Gasteiger partial charge in [0, 0.05) is 56.9 Å². The lowest BCUT2D eigenvalue weighted by Crippen LogP contribution is -2.47. The van der Waals surface area contributed by atoms with Gasteiger partial charge < -0.3 is 4.90 Å². The first-order chi connectivity index (χ1) is 16.6. The zero-order valence-electron chi connectivity index (χ0n) is 19.6. The average molecular weight is 455 g/mol. The molecule has 34 heavy (non-hydrogen) atoms. The highest BCUT2D eigenvalue weighted by Gasteiger charge is 2.18. The third-order valence-electron chi connectivity index (χ3n) is 6.81. The van der Waals surface area contributed by atoms with Crippen LogP contribution in [0.2, 0.25) is 0 Å². The summed E-state index contributed by atoms with van der Waals surface area (Å²) in [7, 11) is 1.73. The van der Waals surface area contributed by atoms with Crippen molar-refractivity contribution in [3.05, 3.63) is 99.7 Å². The van der Waals surface area contributed by atoms with Crippen LogP contribution in [0.25, 0.3) is 22.0 Å². The second-order valence-corrected chi connectivity index (χ2v) is 8.91. The van der Waals surface area contributed by atoms with Crippen molar-refractivity contribution in [3.63, 3.8) is 0 Å². The van der Waals surface area contributed by atoms with Gasteiger partial charge in [0.15, 0.2) is 0 Å². The van der Waals surface area contributed by atoms with Gasteiger partial charge in [-0.2, -0.15) is 0 Å². The molecular weight excluding hydrogens is 424 g/mol. The molecule has 5 rings (SSSR count). The Morgan fingerprint density at radius 3 is 2.26 bits per heavy atom. The van der Waals surface area contributed by atoms with E-state index in [0.717, 1.165) is 44.7 Å². The zero-order valence-corrected chi connectivity index (χ0v) is 19.6. The minimum absolute atomic E-state index is 0.234. The van der Waals surface area contributed by atoms with Crippen molar-refractivity contribution in [2.75, 3.05) is 37.6 Å². The topological polar surface area (TPSA) is 50.5 Å². The van der Waals surface area contributed by atoms with Gasteiger partial charge in [0.25, 0.3) is 5.56 Å². The van der Waals surface area contributed by atoms with Crippen LogP contribution >= 0.6 is 0 Å². The zero-order chi connectivity index (χ0) is 23.5. The van der Waals surface area contributed by atoms with E-state index in [0.29, 0.717) is 12.2 Å². The minimum Gasteiger partial charge on any atom is -0.368 e. The fourth-order valence-electron chi connectivity index (χ4n) is 4.91. The Morgan fingerprint density at radius 2 is 1.47 bits per heavy atom. The lowest BCUT2D eigenvalue weighted by atomic mass is 10.1. The van der Waals surface area contributed by atoms with Gasteiger partial charge in [0.05, 0.1) is 5.69 Å². The van der Waals surface area contributed by atoms with Crippen LogP contribution < -0.4 is 16.1 Å². The summed E-state index contributed by atoms with van der Waals surface area (Å²) in [5, 5.41) is 2.57. The molecule has 0 bridgehead atoms. The maximum absolute atomic E-state index is 12.9. The first kappa shape index (κ1) is 22.2. The van der Waals surface area contributed by atoms with E-state index in [1.807, 2.05) is 30.3 Å². The first-order valence-electron chi connectivity index (χ1n) is 11.9. The number of nitrogens with zero attached hydrogens (tertiary/aromatic N) is 4. The van der Waals surface area contributed by atoms with Crippen LogP contribution in [0.1, 0.15) is 6.42 Å². The van der Waals surface area contributed by atoms with Gasteiger partial charge in [0.1, 0.15) is 0 Å². The highest BCUT2D eigenvalue weighted by molar-refractivity contribution is 5.94. The van der Waals surface area contributed by atoms with Crippen molar-refractivity contribution in [2.24, 2.45) is 7.05 Å². The van der Waals surface area contributed by atoms with E-state index < -0.39 is 0 Å². The maximum Gasteiger partial charge on any atom is 0.331 e. The summed E-state index contributed by atoms with van der Waals surface area (Å²) < 4.78 is 2.93. The average Bonchev–Trinajstić information content (AvgIpc) is 2.89. The molecule has 174 valence electrons. The molecule has 2 heterocycles. The third kappa shape index (κ3) is 4.41. The number of hydrogen-bond acceptors (Lipinski definition) is 4. The van der Waals surface area contributed by atoms with Crippen molar-refractivity contribution in [1.82, 2.24) is 14.0 Å². The molecule has 1 aliphatic heterocycles. The molecule has 1 saturated heterocycles. The minimum atomic E-state index is -0.257. The Kier molecular flexibility index (Phi) is 6.32. The number of fused-ring (bicyclic) bond motifs is 1. The number of benzene rings is 3. The Morgan fingerprint density at radius 1 is 0.765 bits per heavy atom. The summed E-state index contributed by atoms with van der Waals surface area (Å²) in [6, 6.07) is 26.2. The van der Waals surface area contributed by atoms with Gasteiger partial charge >= 0.3 is 5.69 Å². The van der Waals surface area contributed by atoms with E-state index >= 15 is 0 Å². The number of aromatic nitrogens is 2. The first-order valence-corrected chi connectivity index (χ1v) is 11.9. The summed E-state index contributed by atoms with van der Waals surface area (Å²) in [5.41, 5.74) is 2.33. The number of rotatable bonds is 6. The molecule has 0 spiro atoms. The monoisotopic (exact) mass is 454 g/mol. The van der Waals surface area contributed by atoms with Gasteiger partial charge in [-0.1, -0.05) is 66.7 Å². The smallest absolute Gasteiger partial charge is 0.331 e. The fourth-order valence-corrected chi connectivity index (χ4v) is 4.91. The Hall–Kier alpha value is -3.64. The molecule has 3 aromatic carbocycles. The van der Waals surface area contributed by atoms with E-state index in [4.69, 9.17) is 0 Å². The number of anilines is 1. The number of piperazine rings is 1. The van der Waals surface area contributed by atoms with Gasteiger partial charge in [-0.05, 0) is 30.0 Å². The van der Waals surface area contributed by atoms with Crippen molar-refractivity contribution in [3.8, 4) is 11.3 Å². The van der Waals surface area contributed by atoms with Crippen LogP contribution in [-0.4, -0.2) is 46.8 Å². The van der Waals surface area contributed by atoms with E-state index in [1.54, 1.807) is 17.7 Å². The molecule has 0 saturated carbocycles.